The number of nitrogens with two attached hydrogens (primary N) is 1. The number of benzene rings is 1. The van der Waals surface area contributed by atoms with E-state index in [1.165, 1.54) is 6.42 Å². The monoisotopic (exact) mass is 291 g/mol. The van der Waals surface area contributed by atoms with Crippen molar-refractivity contribution in [3.05, 3.63) is 29.8 Å². The van der Waals surface area contributed by atoms with Crippen LogP contribution in [0, 0.1) is 11.3 Å². The molecule has 0 bridgehead atoms. The van der Waals surface area contributed by atoms with E-state index in [1.807, 2.05) is 31.2 Å². The summed E-state index contributed by atoms with van der Waals surface area (Å²) in [6.07, 6.45) is 5.48. The van der Waals surface area contributed by atoms with Gasteiger partial charge in [0.2, 0.25) is 0 Å². The van der Waals surface area contributed by atoms with Crippen molar-refractivity contribution in [3.8, 4) is 5.75 Å². The predicted octanol–water partition coefficient (Wildman–Crippen LogP) is 3.45. The Morgan fingerprint density at radius 3 is 2.48 bits per heavy atom. The maximum atomic E-state index is 11.4. The van der Waals surface area contributed by atoms with Crippen LogP contribution in [0.3, 0.4) is 0 Å². The molecule has 1 aromatic carbocycles. The lowest BCUT2D eigenvalue weighted by Crippen LogP contribution is -2.50. The summed E-state index contributed by atoms with van der Waals surface area (Å²) in [5.41, 5.74) is 5.77. The van der Waals surface area contributed by atoms with Crippen molar-refractivity contribution in [2.24, 2.45) is 17.1 Å². The highest BCUT2D eigenvalue weighted by atomic mass is 16.5. The fourth-order valence-corrected chi connectivity index (χ4v) is 3.86. The molecule has 1 aromatic rings. The largest absolute Gasteiger partial charge is 0.496 e. The smallest absolute Gasteiger partial charge is 0.124 e. The van der Waals surface area contributed by atoms with Crippen molar-refractivity contribution in [2.75, 3.05) is 13.7 Å². The average Bonchev–Trinajstić information content (AvgIpc) is 2.54. The van der Waals surface area contributed by atoms with Crippen molar-refractivity contribution in [2.45, 2.75) is 51.6 Å². The summed E-state index contributed by atoms with van der Waals surface area (Å²) in [4.78, 5) is 0. The highest BCUT2D eigenvalue weighted by Crippen LogP contribution is 2.52. The van der Waals surface area contributed by atoms with Gasteiger partial charge < -0.3 is 15.6 Å². The van der Waals surface area contributed by atoms with Gasteiger partial charge in [-0.05, 0) is 44.6 Å². The van der Waals surface area contributed by atoms with Gasteiger partial charge in [0, 0.05) is 17.5 Å². The number of hydrogen-bond acceptors (Lipinski definition) is 3. The molecule has 3 N–H and O–H groups in total. The van der Waals surface area contributed by atoms with Gasteiger partial charge in [-0.25, -0.2) is 0 Å². The second-order valence-corrected chi connectivity index (χ2v) is 6.61. The van der Waals surface area contributed by atoms with Crippen molar-refractivity contribution in [1.29, 1.82) is 0 Å². The normalized spacial score (nSPS) is 28.9. The van der Waals surface area contributed by atoms with Gasteiger partial charge >= 0.3 is 0 Å². The molecule has 21 heavy (non-hydrogen) atoms. The summed E-state index contributed by atoms with van der Waals surface area (Å²) in [6, 6.07) is 7.75. The zero-order valence-electron chi connectivity index (χ0n) is 13.6. The molecular formula is C18H29NO2. The molecule has 118 valence electrons. The lowest BCUT2D eigenvalue weighted by molar-refractivity contribution is -0.0991. The van der Waals surface area contributed by atoms with Crippen molar-refractivity contribution < 1.29 is 9.84 Å². The van der Waals surface area contributed by atoms with E-state index >= 15 is 0 Å². The van der Waals surface area contributed by atoms with Gasteiger partial charge in [-0.3, -0.25) is 0 Å². The molecule has 3 nitrogen and oxygen atoms in total. The Kier molecular flexibility index (Phi) is 4.95. The molecule has 1 saturated carbocycles. The van der Waals surface area contributed by atoms with E-state index in [-0.39, 0.29) is 5.41 Å². The Morgan fingerprint density at radius 1 is 1.33 bits per heavy atom. The van der Waals surface area contributed by atoms with E-state index in [9.17, 15) is 5.11 Å². The van der Waals surface area contributed by atoms with E-state index in [2.05, 4.69) is 6.92 Å². The van der Waals surface area contributed by atoms with Crippen LogP contribution in [0.4, 0.5) is 0 Å². The molecular weight excluding hydrogens is 262 g/mol. The van der Waals surface area contributed by atoms with Crippen molar-refractivity contribution in [3.63, 3.8) is 0 Å². The Labute approximate surface area is 128 Å². The highest BCUT2D eigenvalue weighted by Gasteiger charge is 2.49. The number of methoxy groups -OCH3 is 1. The Hall–Kier alpha value is -1.06. The summed E-state index contributed by atoms with van der Waals surface area (Å²) in [5, 5.41) is 11.4. The lowest BCUT2D eigenvalue weighted by atomic mass is 9.59. The third-order valence-corrected chi connectivity index (χ3v) is 5.69. The number of aliphatic hydroxyl groups is 1. The van der Waals surface area contributed by atoms with Gasteiger partial charge in [-0.1, -0.05) is 31.5 Å². The molecule has 1 unspecified atom stereocenters. The van der Waals surface area contributed by atoms with E-state index in [1.54, 1.807) is 7.11 Å². The molecule has 1 aliphatic carbocycles. The van der Waals surface area contributed by atoms with Crippen LogP contribution >= 0.6 is 0 Å². The van der Waals surface area contributed by atoms with Gasteiger partial charge in [0.05, 0.1) is 12.7 Å². The van der Waals surface area contributed by atoms with Crippen LogP contribution in [0.25, 0.3) is 0 Å². The van der Waals surface area contributed by atoms with Gasteiger partial charge in [-0.15, -0.1) is 0 Å². The highest BCUT2D eigenvalue weighted by molar-refractivity contribution is 5.39. The van der Waals surface area contributed by atoms with E-state index < -0.39 is 5.60 Å². The molecule has 0 saturated heterocycles. The topological polar surface area (TPSA) is 55.5 Å². The van der Waals surface area contributed by atoms with Crippen LogP contribution in [0.5, 0.6) is 5.75 Å². The van der Waals surface area contributed by atoms with Crippen molar-refractivity contribution in [1.82, 2.24) is 0 Å². The third kappa shape index (κ3) is 2.82. The Balaban J connectivity index is 2.36. The first-order valence-corrected chi connectivity index (χ1v) is 8.06. The maximum absolute atomic E-state index is 11.4. The molecule has 2 rings (SSSR count). The summed E-state index contributed by atoms with van der Waals surface area (Å²) in [7, 11) is 1.65. The van der Waals surface area contributed by atoms with Gasteiger partial charge in [0.25, 0.3) is 0 Å². The quantitative estimate of drug-likeness (QED) is 0.873. The Morgan fingerprint density at radius 2 is 1.95 bits per heavy atom. The first-order chi connectivity index (χ1) is 10.0. The van der Waals surface area contributed by atoms with Gasteiger partial charge in [-0.2, -0.15) is 0 Å². The first kappa shape index (κ1) is 16.3. The molecule has 3 heteroatoms. The summed E-state index contributed by atoms with van der Waals surface area (Å²) in [6.45, 7) is 4.66. The van der Waals surface area contributed by atoms with Crippen LogP contribution in [-0.2, 0) is 5.60 Å². The van der Waals surface area contributed by atoms with E-state index in [0.29, 0.717) is 6.54 Å². The SMILES string of the molecule is CCC1CCC(CN)(C(C)(O)c2ccccc2OC)CC1. The molecule has 0 spiro atoms. The molecule has 0 radical (unpaired) electrons. The average molecular weight is 291 g/mol. The van der Waals surface area contributed by atoms with E-state index in [0.717, 1.165) is 42.9 Å². The minimum Gasteiger partial charge on any atom is -0.496 e. The van der Waals surface area contributed by atoms with Crippen LogP contribution in [0.15, 0.2) is 24.3 Å². The number of para-hydroxylation sites is 1. The molecule has 1 atom stereocenters. The molecule has 0 heterocycles. The minimum absolute atomic E-state index is 0.257. The second-order valence-electron chi connectivity index (χ2n) is 6.61. The van der Waals surface area contributed by atoms with Crippen LogP contribution in [0.1, 0.15) is 51.5 Å². The zero-order chi connectivity index (χ0) is 15.5. The number of hydrogen-bond donors (Lipinski definition) is 2. The molecule has 0 aromatic heterocycles. The summed E-state index contributed by atoms with van der Waals surface area (Å²) in [5.74, 6) is 1.52. The second kappa shape index (κ2) is 6.37. The van der Waals surface area contributed by atoms with Crippen LogP contribution in [-0.4, -0.2) is 18.8 Å². The first-order valence-electron chi connectivity index (χ1n) is 8.06. The van der Waals surface area contributed by atoms with Gasteiger partial charge in [0.1, 0.15) is 5.75 Å². The molecule has 1 fully saturated rings. The summed E-state index contributed by atoms with van der Waals surface area (Å²) >= 11 is 0. The molecule has 0 amide bonds. The summed E-state index contributed by atoms with van der Waals surface area (Å²) < 4.78 is 5.45. The fourth-order valence-electron chi connectivity index (χ4n) is 3.86. The number of ether oxygens (including phenoxy) is 1. The minimum atomic E-state index is -0.965. The van der Waals surface area contributed by atoms with Gasteiger partial charge in [0.15, 0.2) is 0 Å². The third-order valence-electron chi connectivity index (χ3n) is 5.69. The van der Waals surface area contributed by atoms with Crippen LogP contribution < -0.4 is 10.5 Å². The predicted molar refractivity (Wildman–Crippen MR) is 86.3 cm³/mol. The zero-order valence-corrected chi connectivity index (χ0v) is 13.6. The molecule has 0 aliphatic heterocycles. The fraction of sp³-hybridized carbons (Fsp3) is 0.667. The lowest BCUT2D eigenvalue weighted by Gasteiger charge is -2.49. The van der Waals surface area contributed by atoms with E-state index in [4.69, 9.17) is 10.5 Å². The Bertz CT molecular complexity index is 462. The maximum Gasteiger partial charge on any atom is 0.124 e. The standard InChI is InChI=1S/C18H29NO2/c1-4-14-9-11-18(13-19,12-10-14)17(2,20)15-7-5-6-8-16(15)21-3/h5-8,14,20H,4,9-13,19H2,1-3H3. The molecule has 1 aliphatic rings. The van der Waals surface area contributed by atoms with Crippen LogP contribution in [0.2, 0.25) is 0 Å². The van der Waals surface area contributed by atoms with Crippen molar-refractivity contribution >= 4 is 0 Å². The number of rotatable bonds is 5.